The van der Waals surface area contributed by atoms with Gasteiger partial charge < -0.3 is 50.9 Å². The average Bonchev–Trinajstić information content (AvgIpc) is 2.62. The molecule has 1 aliphatic rings. The number of carbonyl (C=O) groups excluding carboxylic acids is 2. The van der Waals surface area contributed by atoms with Crippen molar-refractivity contribution in [3.8, 4) is 0 Å². The van der Waals surface area contributed by atoms with E-state index in [4.69, 9.17) is 9.84 Å². The van der Waals surface area contributed by atoms with Gasteiger partial charge >= 0.3 is 0 Å². The molecule has 0 aromatic heterocycles. The third kappa shape index (κ3) is 4.94. The minimum absolute atomic E-state index is 0.698. The molecular weight excluding hydrogens is 358 g/mol. The van der Waals surface area contributed by atoms with Gasteiger partial charge in [0.15, 0.2) is 5.78 Å². The first kappa shape index (κ1) is 22.8. The smallest absolute Gasteiger partial charge is 0.217 e. The van der Waals surface area contributed by atoms with Crippen LogP contribution >= 0.6 is 0 Å². The van der Waals surface area contributed by atoms with E-state index < -0.39 is 79.8 Å². The summed E-state index contributed by atoms with van der Waals surface area (Å²) in [6.45, 7) is -0.685. The minimum atomic E-state index is -2.32. The van der Waals surface area contributed by atoms with E-state index in [9.17, 15) is 45.3 Å². The zero-order valence-electron chi connectivity index (χ0n) is 13.9. The van der Waals surface area contributed by atoms with E-state index in [0.717, 1.165) is 6.92 Å². The molecule has 0 spiro atoms. The summed E-state index contributed by atoms with van der Waals surface area (Å²) in [6, 6.07) is -1.51. The van der Waals surface area contributed by atoms with Crippen LogP contribution in [0.15, 0.2) is 0 Å². The van der Waals surface area contributed by atoms with Gasteiger partial charge in [-0.2, -0.15) is 0 Å². The van der Waals surface area contributed by atoms with Crippen LogP contribution in [0, 0.1) is 0 Å². The molecule has 0 saturated carbocycles. The molecule has 0 radical (unpaired) electrons. The number of aliphatic hydroxyl groups excluding tert-OH is 8. The summed E-state index contributed by atoms with van der Waals surface area (Å²) in [7, 11) is 0. The Kier molecular flexibility index (Phi) is 8.46. The van der Waals surface area contributed by atoms with Crippen LogP contribution in [0.25, 0.3) is 0 Å². The van der Waals surface area contributed by atoms with Gasteiger partial charge in [0, 0.05) is 6.92 Å². The lowest BCUT2D eigenvalue weighted by Gasteiger charge is -2.42. The van der Waals surface area contributed by atoms with Crippen molar-refractivity contribution < 1.29 is 55.2 Å². The molecule has 152 valence electrons. The number of carbonyl (C=O) groups is 2. The van der Waals surface area contributed by atoms with Crippen molar-refractivity contribution in [1.82, 2.24) is 5.32 Å². The molecule has 1 aliphatic heterocycles. The molecule has 1 fully saturated rings. The van der Waals surface area contributed by atoms with Crippen LogP contribution in [0.2, 0.25) is 0 Å². The monoisotopic (exact) mass is 383 g/mol. The topological polar surface area (TPSA) is 217 Å². The lowest BCUT2D eigenvalue weighted by Crippen LogP contribution is -2.67. The Morgan fingerprint density at radius 3 is 2.08 bits per heavy atom. The second-order valence-corrected chi connectivity index (χ2v) is 6.06. The maximum Gasteiger partial charge on any atom is 0.217 e. The summed E-state index contributed by atoms with van der Waals surface area (Å²) < 4.78 is 5.14. The fraction of sp³-hybridized carbons (Fsp3) is 0.857. The van der Waals surface area contributed by atoms with E-state index >= 15 is 0 Å². The summed E-state index contributed by atoms with van der Waals surface area (Å²) in [5.41, 5.74) is 0. The molecule has 0 bridgehead atoms. The summed E-state index contributed by atoms with van der Waals surface area (Å²) in [5, 5.41) is 78.7. The Balaban J connectivity index is 3.04. The van der Waals surface area contributed by atoms with Crippen molar-refractivity contribution in [2.45, 2.75) is 61.8 Å². The molecule has 1 amide bonds. The molecule has 1 heterocycles. The number of hydrogen-bond acceptors (Lipinski definition) is 11. The van der Waals surface area contributed by atoms with Crippen molar-refractivity contribution in [2.24, 2.45) is 0 Å². The fourth-order valence-electron chi connectivity index (χ4n) is 2.61. The van der Waals surface area contributed by atoms with Gasteiger partial charge in [-0.25, -0.2) is 0 Å². The molecule has 1 saturated heterocycles. The van der Waals surface area contributed by atoms with E-state index in [1.54, 1.807) is 0 Å². The van der Waals surface area contributed by atoms with Gasteiger partial charge in [0.1, 0.15) is 48.8 Å². The standard InChI is InChI=1S/C14H25NO11/c1-4(18)15-7-10(22)9(21)6(3-17)26-14(7)13(25)12(24)11(23)8(20)5(19)2-16/h5-12,14,16-17,19-24H,2-3H2,1H3,(H,15,18)/t5-,6-,7-,8-,9+,10-,11+,12-,14?/m1/s1. The highest BCUT2D eigenvalue weighted by Gasteiger charge is 2.50. The molecule has 0 aromatic carbocycles. The number of amides is 1. The Bertz CT molecular complexity index is 490. The Morgan fingerprint density at radius 1 is 1.04 bits per heavy atom. The summed E-state index contributed by atoms with van der Waals surface area (Å²) in [4.78, 5) is 23.7. The minimum Gasteiger partial charge on any atom is -0.394 e. The van der Waals surface area contributed by atoms with Crippen LogP contribution in [0.4, 0.5) is 0 Å². The Hall–Kier alpha value is -1.22. The van der Waals surface area contributed by atoms with Gasteiger partial charge in [-0.05, 0) is 0 Å². The lowest BCUT2D eigenvalue weighted by molar-refractivity contribution is -0.204. The van der Waals surface area contributed by atoms with Crippen LogP contribution in [0.5, 0.6) is 0 Å². The van der Waals surface area contributed by atoms with Gasteiger partial charge in [-0.15, -0.1) is 0 Å². The molecule has 12 nitrogen and oxygen atoms in total. The van der Waals surface area contributed by atoms with Crippen LogP contribution < -0.4 is 5.32 Å². The maximum absolute atomic E-state index is 12.4. The van der Waals surface area contributed by atoms with E-state index in [2.05, 4.69) is 5.32 Å². The second kappa shape index (κ2) is 9.64. The Morgan fingerprint density at radius 2 is 1.62 bits per heavy atom. The van der Waals surface area contributed by atoms with Crippen LogP contribution in [-0.2, 0) is 14.3 Å². The normalized spacial score (nSPS) is 33.8. The van der Waals surface area contributed by atoms with Crippen LogP contribution in [0.1, 0.15) is 6.92 Å². The van der Waals surface area contributed by atoms with Crippen LogP contribution in [-0.4, -0.2) is 121 Å². The molecular formula is C14H25NO11. The number of rotatable bonds is 8. The number of Topliss-reactive ketones (excluding diaryl/α,β-unsaturated/α-hetero) is 1. The lowest BCUT2D eigenvalue weighted by atomic mass is 9.87. The van der Waals surface area contributed by atoms with E-state index in [1.165, 1.54) is 0 Å². The predicted octanol–water partition coefficient (Wildman–Crippen LogP) is -6.02. The molecule has 12 heteroatoms. The zero-order valence-corrected chi connectivity index (χ0v) is 13.9. The SMILES string of the molecule is CC(=O)N[C@H]1C(C(=O)[C@H](O)[C@@H](O)[C@H](O)[C@H](O)CO)O[C@H](CO)[C@H](O)[C@@H]1O. The molecule has 26 heavy (non-hydrogen) atoms. The summed E-state index contributed by atoms with van der Waals surface area (Å²) in [6.07, 6.45) is -15.0. The molecule has 0 aliphatic carbocycles. The second-order valence-electron chi connectivity index (χ2n) is 6.06. The molecule has 1 unspecified atom stereocenters. The van der Waals surface area contributed by atoms with E-state index in [0.29, 0.717) is 0 Å². The largest absolute Gasteiger partial charge is 0.394 e. The molecule has 1 rings (SSSR count). The van der Waals surface area contributed by atoms with Gasteiger partial charge in [0.2, 0.25) is 5.91 Å². The Labute approximate surface area is 148 Å². The van der Waals surface area contributed by atoms with Gasteiger partial charge in [-0.3, -0.25) is 9.59 Å². The highest BCUT2D eigenvalue weighted by Crippen LogP contribution is 2.24. The number of hydrogen-bond donors (Lipinski definition) is 9. The third-order valence-corrected chi connectivity index (χ3v) is 4.12. The first-order valence-electron chi connectivity index (χ1n) is 7.83. The van der Waals surface area contributed by atoms with E-state index in [-0.39, 0.29) is 0 Å². The molecule has 9 atom stereocenters. The van der Waals surface area contributed by atoms with Crippen molar-refractivity contribution in [1.29, 1.82) is 0 Å². The molecule has 0 aromatic rings. The van der Waals surface area contributed by atoms with Gasteiger partial charge in [0.25, 0.3) is 0 Å². The van der Waals surface area contributed by atoms with Gasteiger partial charge in [0.05, 0.1) is 19.3 Å². The predicted molar refractivity (Wildman–Crippen MR) is 81.5 cm³/mol. The van der Waals surface area contributed by atoms with Crippen molar-refractivity contribution in [3.05, 3.63) is 0 Å². The van der Waals surface area contributed by atoms with Crippen molar-refractivity contribution in [3.63, 3.8) is 0 Å². The summed E-state index contributed by atoms with van der Waals surface area (Å²) >= 11 is 0. The number of ketones is 1. The van der Waals surface area contributed by atoms with Gasteiger partial charge in [-0.1, -0.05) is 0 Å². The number of aliphatic hydroxyl groups is 8. The number of ether oxygens (including phenoxy) is 1. The highest BCUT2D eigenvalue weighted by molar-refractivity contribution is 5.89. The van der Waals surface area contributed by atoms with Crippen LogP contribution in [0.3, 0.4) is 0 Å². The first-order valence-corrected chi connectivity index (χ1v) is 7.83. The quantitative estimate of drug-likeness (QED) is 0.192. The van der Waals surface area contributed by atoms with Crippen molar-refractivity contribution in [2.75, 3.05) is 13.2 Å². The maximum atomic E-state index is 12.4. The zero-order chi connectivity index (χ0) is 20.2. The average molecular weight is 383 g/mol. The summed E-state index contributed by atoms with van der Waals surface area (Å²) in [5.74, 6) is -1.99. The number of nitrogens with one attached hydrogen (secondary N) is 1. The van der Waals surface area contributed by atoms with Crippen molar-refractivity contribution >= 4 is 11.7 Å². The van der Waals surface area contributed by atoms with E-state index in [1.807, 2.05) is 0 Å². The molecule has 9 N–H and O–H groups in total. The fourth-order valence-corrected chi connectivity index (χ4v) is 2.61. The third-order valence-electron chi connectivity index (χ3n) is 4.12. The highest BCUT2D eigenvalue weighted by atomic mass is 16.5. The first-order chi connectivity index (χ1) is 12.1.